The molecule has 1 heterocycles. The van der Waals surface area contributed by atoms with Crippen LogP contribution >= 0.6 is 11.6 Å². The fourth-order valence-corrected chi connectivity index (χ4v) is 2.54. The summed E-state index contributed by atoms with van der Waals surface area (Å²) in [5, 5.41) is 0. The van der Waals surface area contributed by atoms with Crippen LogP contribution in [0.15, 0.2) is 12.1 Å². The fraction of sp³-hybridized carbons (Fsp3) is 0.571. The second-order valence-corrected chi connectivity index (χ2v) is 4.92. The fourth-order valence-electron chi connectivity index (χ4n) is 2.42. The summed E-state index contributed by atoms with van der Waals surface area (Å²) in [4.78, 5) is 2.44. The minimum Gasteiger partial charge on any atom is -0.493 e. The minimum atomic E-state index is 0.731. The topological polar surface area (TPSA) is 21.7 Å². The van der Waals surface area contributed by atoms with Crippen molar-refractivity contribution >= 4 is 11.6 Å². The first kappa shape index (κ1) is 13.5. The predicted molar refractivity (Wildman–Crippen MR) is 73.9 cm³/mol. The Kier molecular flexibility index (Phi) is 4.72. The molecule has 4 heteroatoms. The van der Waals surface area contributed by atoms with E-state index in [4.69, 9.17) is 21.1 Å². The van der Waals surface area contributed by atoms with Crippen LogP contribution in [0.3, 0.4) is 0 Å². The Morgan fingerprint density at radius 3 is 2.44 bits per heavy atom. The molecule has 0 atom stereocenters. The quantitative estimate of drug-likeness (QED) is 0.767. The number of fused-ring (bicyclic) bond motifs is 1. The van der Waals surface area contributed by atoms with E-state index in [-0.39, 0.29) is 0 Å². The average Bonchev–Trinajstić information content (AvgIpc) is 2.43. The molecular formula is C14H20ClNO2. The first-order chi connectivity index (χ1) is 8.78. The molecule has 2 rings (SSSR count). The van der Waals surface area contributed by atoms with Gasteiger partial charge in [0.1, 0.15) is 0 Å². The van der Waals surface area contributed by atoms with E-state index in [9.17, 15) is 0 Å². The van der Waals surface area contributed by atoms with Crippen molar-refractivity contribution in [3.63, 3.8) is 0 Å². The van der Waals surface area contributed by atoms with Crippen LogP contribution in [0.1, 0.15) is 17.5 Å². The van der Waals surface area contributed by atoms with Crippen molar-refractivity contribution in [2.45, 2.75) is 19.4 Å². The lowest BCUT2D eigenvalue weighted by Gasteiger charge is -2.29. The predicted octanol–water partition coefficient (Wildman–Crippen LogP) is 2.69. The number of hydrogen-bond acceptors (Lipinski definition) is 3. The monoisotopic (exact) mass is 269 g/mol. The van der Waals surface area contributed by atoms with E-state index in [0.717, 1.165) is 49.9 Å². The largest absolute Gasteiger partial charge is 0.493 e. The maximum Gasteiger partial charge on any atom is 0.161 e. The number of methoxy groups -OCH3 is 2. The van der Waals surface area contributed by atoms with Crippen molar-refractivity contribution < 1.29 is 9.47 Å². The smallest absolute Gasteiger partial charge is 0.161 e. The minimum absolute atomic E-state index is 0.731. The number of rotatable bonds is 5. The van der Waals surface area contributed by atoms with Gasteiger partial charge in [-0.3, -0.25) is 4.90 Å². The Morgan fingerprint density at radius 2 is 1.83 bits per heavy atom. The van der Waals surface area contributed by atoms with Gasteiger partial charge in [-0.25, -0.2) is 0 Å². The number of benzene rings is 1. The van der Waals surface area contributed by atoms with Crippen molar-refractivity contribution in [3.8, 4) is 11.5 Å². The molecule has 0 amide bonds. The molecule has 0 N–H and O–H groups in total. The van der Waals surface area contributed by atoms with Gasteiger partial charge < -0.3 is 9.47 Å². The van der Waals surface area contributed by atoms with Crippen LogP contribution in [0.25, 0.3) is 0 Å². The van der Waals surface area contributed by atoms with Crippen LogP contribution in [0.4, 0.5) is 0 Å². The number of hydrogen-bond donors (Lipinski definition) is 0. The Bertz CT molecular complexity index is 409. The zero-order valence-electron chi connectivity index (χ0n) is 11.0. The number of nitrogens with zero attached hydrogens (tertiary/aromatic N) is 1. The summed E-state index contributed by atoms with van der Waals surface area (Å²) in [6.45, 7) is 3.14. The maximum atomic E-state index is 5.75. The Balaban J connectivity index is 2.16. The summed E-state index contributed by atoms with van der Waals surface area (Å²) < 4.78 is 10.7. The molecule has 0 saturated carbocycles. The maximum absolute atomic E-state index is 5.75. The Morgan fingerprint density at radius 1 is 1.17 bits per heavy atom. The third-order valence-corrected chi connectivity index (χ3v) is 3.67. The van der Waals surface area contributed by atoms with Crippen molar-refractivity contribution in [2.24, 2.45) is 0 Å². The summed E-state index contributed by atoms with van der Waals surface area (Å²) in [6, 6.07) is 4.20. The molecule has 0 saturated heterocycles. The molecule has 1 aromatic rings. The number of halogens is 1. The van der Waals surface area contributed by atoms with Gasteiger partial charge in [0.05, 0.1) is 14.2 Å². The van der Waals surface area contributed by atoms with E-state index in [0.29, 0.717) is 0 Å². The van der Waals surface area contributed by atoms with Gasteiger partial charge in [-0.05, 0) is 42.6 Å². The lowest BCUT2D eigenvalue weighted by molar-refractivity contribution is 0.253. The van der Waals surface area contributed by atoms with Crippen LogP contribution in [0, 0.1) is 0 Å². The highest BCUT2D eigenvalue weighted by Crippen LogP contribution is 2.33. The molecule has 1 aliphatic heterocycles. The number of alkyl halides is 1. The zero-order valence-corrected chi connectivity index (χ0v) is 11.8. The van der Waals surface area contributed by atoms with Crippen LogP contribution < -0.4 is 9.47 Å². The third-order valence-electron chi connectivity index (χ3n) is 3.41. The Labute approximate surface area is 114 Å². The molecule has 3 nitrogen and oxygen atoms in total. The van der Waals surface area contributed by atoms with Gasteiger partial charge >= 0.3 is 0 Å². The van der Waals surface area contributed by atoms with Gasteiger partial charge in [0.2, 0.25) is 0 Å². The SMILES string of the molecule is COc1cc2c(cc1OC)CN(CCCCl)CC2. The average molecular weight is 270 g/mol. The standard InChI is InChI=1S/C14H20ClNO2/c1-17-13-8-11-4-7-16(6-3-5-15)10-12(11)9-14(13)18-2/h8-9H,3-7,10H2,1-2H3. The Hall–Kier alpha value is -0.930. The van der Waals surface area contributed by atoms with E-state index in [1.54, 1.807) is 14.2 Å². The molecule has 0 radical (unpaired) electrons. The van der Waals surface area contributed by atoms with Crippen LogP contribution in [-0.4, -0.2) is 38.1 Å². The summed E-state index contributed by atoms with van der Waals surface area (Å²) in [5.74, 6) is 2.37. The second kappa shape index (κ2) is 6.30. The molecule has 0 aliphatic carbocycles. The first-order valence-electron chi connectivity index (χ1n) is 6.30. The highest BCUT2D eigenvalue weighted by molar-refractivity contribution is 6.17. The van der Waals surface area contributed by atoms with Crippen molar-refractivity contribution in [2.75, 3.05) is 33.2 Å². The molecule has 0 spiro atoms. The van der Waals surface area contributed by atoms with Crippen molar-refractivity contribution in [1.82, 2.24) is 4.90 Å². The first-order valence-corrected chi connectivity index (χ1v) is 6.84. The van der Waals surface area contributed by atoms with Gasteiger partial charge in [-0.1, -0.05) is 0 Å². The molecular weight excluding hydrogens is 250 g/mol. The second-order valence-electron chi connectivity index (χ2n) is 4.54. The van der Waals surface area contributed by atoms with Crippen molar-refractivity contribution in [1.29, 1.82) is 0 Å². The highest BCUT2D eigenvalue weighted by Gasteiger charge is 2.18. The van der Waals surface area contributed by atoms with Gasteiger partial charge in [0.15, 0.2) is 11.5 Å². The molecule has 0 bridgehead atoms. The summed E-state index contributed by atoms with van der Waals surface area (Å²) in [6.07, 6.45) is 2.11. The van der Waals surface area contributed by atoms with E-state index < -0.39 is 0 Å². The van der Waals surface area contributed by atoms with Crippen LogP contribution in [0.2, 0.25) is 0 Å². The zero-order chi connectivity index (χ0) is 13.0. The van der Waals surface area contributed by atoms with E-state index in [2.05, 4.69) is 17.0 Å². The molecule has 0 fully saturated rings. The van der Waals surface area contributed by atoms with Gasteiger partial charge in [0, 0.05) is 19.0 Å². The lowest BCUT2D eigenvalue weighted by Crippen LogP contribution is -2.31. The van der Waals surface area contributed by atoms with E-state index >= 15 is 0 Å². The summed E-state index contributed by atoms with van der Waals surface area (Å²) >= 11 is 5.75. The third kappa shape index (κ3) is 2.90. The highest BCUT2D eigenvalue weighted by atomic mass is 35.5. The summed E-state index contributed by atoms with van der Waals surface area (Å²) in [5.41, 5.74) is 2.71. The van der Waals surface area contributed by atoms with E-state index in [1.165, 1.54) is 11.1 Å². The molecule has 0 unspecified atom stereocenters. The van der Waals surface area contributed by atoms with Crippen LogP contribution in [-0.2, 0) is 13.0 Å². The molecule has 0 aromatic heterocycles. The number of ether oxygens (including phenoxy) is 2. The van der Waals surface area contributed by atoms with Gasteiger partial charge in [-0.2, -0.15) is 0 Å². The van der Waals surface area contributed by atoms with Gasteiger partial charge in [-0.15, -0.1) is 11.6 Å². The molecule has 18 heavy (non-hydrogen) atoms. The van der Waals surface area contributed by atoms with Gasteiger partial charge in [0.25, 0.3) is 0 Å². The molecule has 100 valence electrons. The van der Waals surface area contributed by atoms with E-state index in [1.807, 2.05) is 0 Å². The molecule has 1 aromatic carbocycles. The normalized spacial score (nSPS) is 15.3. The lowest BCUT2D eigenvalue weighted by atomic mass is 9.98. The molecule has 1 aliphatic rings. The van der Waals surface area contributed by atoms with Crippen molar-refractivity contribution in [3.05, 3.63) is 23.3 Å². The van der Waals surface area contributed by atoms with Crippen LogP contribution in [0.5, 0.6) is 11.5 Å². The summed E-state index contributed by atoms with van der Waals surface area (Å²) in [7, 11) is 3.36.